The molecule has 1 saturated carbocycles. The van der Waals surface area contributed by atoms with Crippen molar-refractivity contribution in [2.24, 2.45) is 0 Å². The van der Waals surface area contributed by atoms with Gasteiger partial charge >= 0.3 is 5.97 Å². The van der Waals surface area contributed by atoms with Crippen molar-refractivity contribution in [1.29, 1.82) is 0 Å². The Balaban J connectivity index is 1.41. The van der Waals surface area contributed by atoms with E-state index in [0.29, 0.717) is 12.3 Å². The number of esters is 1. The summed E-state index contributed by atoms with van der Waals surface area (Å²) in [6.07, 6.45) is 4.74. The first-order valence-electron chi connectivity index (χ1n) is 10.1. The van der Waals surface area contributed by atoms with Gasteiger partial charge in [-0.25, -0.2) is 4.98 Å². The first-order valence-corrected chi connectivity index (χ1v) is 11.0. The van der Waals surface area contributed by atoms with Gasteiger partial charge in [0.25, 0.3) is 5.91 Å². The van der Waals surface area contributed by atoms with Gasteiger partial charge in [-0.05, 0) is 38.8 Å². The lowest BCUT2D eigenvalue weighted by Gasteiger charge is -2.24. The third kappa shape index (κ3) is 6.85. The summed E-state index contributed by atoms with van der Waals surface area (Å²) >= 11 is 1.44. The number of nitrogens with one attached hydrogen (secondary N) is 1. The van der Waals surface area contributed by atoms with E-state index in [1.54, 1.807) is 6.92 Å². The van der Waals surface area contributed by atoms with E-state index < -0.39 is 12.1 Å². The first-order chi connectivity index (χ1) is 14.0. The van der Waals surface area contributed by atoms with Crippen molar-refractivity contribution in [2.75, 3.05) is 0 Å². The van der Waals surface area contributed by atoms with Gasteiger partial charge in [0, 0.05) is 11.4 Å². The van der Waals surface area contributed by atoms with E-state index in [-0.39, 0.29) is 18.4 Å². The van der Waals surface area contributed by atoms with Crippen LogP contribution in [0.3, 0.4) is 0 Å². The van der Waals surface area contributed by atoms with E-state index in [2.05, 4.69) is 10.3 Å². The molecule has 0 aliphatic heterocycles. The molecule has 1 fully saturated rings. The topological polar surface area (TPSA) is 77.5 Å². The highest BCUT2D eigenvalue weighted by Crippen LogP contribution is 2.18. The molecule has 1 aliphatic carbocycles. The molecule has 1 heterocycles. The van der Waals surface area contributed by atoms with E-state index >= 15 is 0 Å². The number of aromatic nitrogens is 1. The number of hydrogen-bond donors (Lipinski definition) is 1. The van der Waals surface area contributed by atoms with Gasteiger partial charge in [-0.15, -0.1) is 11.3 Å². The zero-order chi connectivity index (χ0) is 20.6. The van der Waals surface area contributed by atoms with E-state index in [1.165, 1.54) is 23.3 Å². The molecule has 0 radical (unpaired) electrons. The maximum atomic E-state index is 12.2. The van der Waals surface area contributed by atoms with Crippen LogP contribution in [0.4, 0.5) is 0 Å². The lowest BCUT2D eigenvalue weighted by molar-refractivity contribution is -0.154. The van der Waals surface area contributed by atoms with Crippen LogP contribution in [0, 0.1) is 6.92 Å². The number of carbonyl (C=O) groups is 2. The smallest absolute Gasteiger partial charge is 0.312 e. The summed E-state index contributed by atoms with van der Waals surface area (Å²) in [5, 5.41) is 5.59. The second kappa shape index (κ2) is 10.4. The summed E-state index contributed by atoms with van der Waals surface area (Å²) in [7, 11) is 0. The van der Waals surface area contributed by atoms with Gasteiger partial charge in [-0.2, -0.15) is 0 Å². The predicted octanol–water partition coefficient (Wildman–Crippen LogP) is 3.95. The Morgan fingerprint density at radius 1 is 1.21 bits per heavy atom. The van der Waals surface area contributed by atoms with Gasteiger partial charge in [0.05, 0.1) is 12.1 Å². The average molecular weight is 417 g/mol. The van der Waals surface area contributed by atoms with Crippen molar-refractivity contribution in [3.63, 3.8) is 0 Å². The minimum absolute atomic E-state index is 0.0437. The molecule has 1 amide bonds. The molecular weight excluding hydrogens is 388 g/mol. The van der Waals surface area contributed by atoms with Crippen LogP contribution in [0.15, 0.2) is 29.6 Å². The van der Waals surface area contributed by atoms with Crippen LogP contribution in [0.1, 0.15) is 55.3 Å². The van der Waals surface area contributed by atoms with Crippen molar-refractivity contribution in [2.45, 2.75) is 71.1 Å². The van der Waals surface area contributed by atoms with E-state index in [1.807, 2.05) is 36.6 Å². The molecule has 0 bridgehead atoms. The van der Waals surface area contributed by atoms with Crippen LogP contribution in [0.2, 0.25) is 0 Å². The molecule has 1 aliphatic rings. The summed E-state index contributed by atoms with van der Waals surface area (Å²) in [4.78, 5) is 28.8. The molecule has 29 heavy (non-hydrogen) atoms. The van der Waals surface area contributed by atoms with Crippen LogP contribution in [0.25, 0.3) is 0 Å². The lowest BCUT2D eigenvalue weighted by atomic mass is 9.95. The average Bonchev–Trinajstić information content (AvgIpc) is 3.15. The third-order valence-electron chi connectivity index (χ3n) is 4.94. The van der Waals surface area contributed by atoms with Crippen LogP contribution in [0.5, 0.6) is 5.75 Å². The van der Waals surface area contributed by atoms with Crippen LogP contribution in [-0.2, 0) is 27.4 Å². The molecule has 156 valence electrons. The lowest BCUT2D eigenvalue weighted by Crippen LogP contribution is -2.42. The number of hydrogen-bond acceptors (Lipinski definition) is 6. The molecule has 1 N–H and O–H groups in total. The van der Waals surface area contributed by atoms with Crippen molar-refractivity contribution in [1.82, 2.24) is 10.3 Å². The summed E-state index contributed by atoms with van der Waals surface area (Å²) in [6.45, 7) is 3.98. The van der Waals surface area contributed by atoms with Gasteiger partial charge in [-0.3, -0.25) is 9.59 Å². The molecule has 0 saturated heterocycles. The number of nitrogens with zero attached hydrogens (tertiary/aromatic N) is 1. The highest BCUT2D eigenvalue weighted by Gasteiger charge is 2.22. The quantitative estimate of drug-likeness (QED) is 0.659. The molecular formula is C22H28N2O4S. The van der Waals surface area contributed by atoms with Gasteiger partial charge in [0.1, 0.15) is 17.4 Å². The molecule has 1 aromatic carbocycles. The number of benzene rings is 1. The predicted molar refractivity (Wildman–Crippen MR) is 112 cm³/mol. The fourth-order valence-electron chi connectivity index (χ4n) is 3.28. The third-order valence-corrected chi connectivity index (χ3v) is 5.81. The SMILES string of the molecule is Cc1ccc(OCc2nc(CC(=O)OC(C)C(=O)NC3CCCCC3)cs2)cc1. The first kappa shape index (κ1) is 21.3. The normalized spacial score (nSPS) is 15.5. The number of ether oxygens (including phenoxy) is 2. The largest absolute Gasteiger partial charge is 0.486 e. The minimum atomic E-state index is -0.799. The monoisotopic (exact) mass is 416 g/mol. The Kier molecular flexibility index (Phi) is 7.63. The molecule has 1 aromatic heterocycles. The fourth-order valence-corrected chi connectivity index (χ4v) is 3.99. The number of carbonyl (C=O) groups excluding carboxylic acids is 2. The molecule has 1 unspecified atom stereocenters. The van der Waals surface area contributed by atoms with Crippen LogP contribution < -0.4 is 10.1 Å². The second-order valence-corrected chi connectivity index (χ2v) is 8.43. The van der Waals surface area contributed by atoms with E-state index in [4.69, 9.17) is 9.47 Å². The van der Waals surface area contributed by atoms with Crippen LogP contribution >= 0.6 is 11.3 Å². The summed E-state index contributed by atoms with van der Waals surface area (Å²) in [5.74, 6) is 0.105. The van der Waals surface area contributed by atoms with Gasteiger partial charge < -0.3 is 14.8 Å². The Hall–Kier alpha value is -2.41. The summed E-state index contributed by atoms with van der Waals surface area (Å²) < 4.78 is 11.0. The zero-order valence-electron chi connectivity index (χ0n) is 17.0. The Morgan fingerprint density at radius 2 is 1.93 bits per heavy atom. The summed E-state index contributed by atoms with van der Waals surface area (Å²) in [5.41, 5.74) is 1.80. The second-order valence-electron chi connectivity index (χ2n) is 7.49. The molecule has 2 aromatic rings. The number of rotatable bonds is 8. The van der Waals surface area contributed by atoms with Crippen LogP contribution in [-0.4, -0.2) is 29.0 Å². The van der Waals surface area contributed by atoms with Crippen molar-refractivity contribution < 1.29 is 19.1 Å². The molecule has 7 heteroatoms. The number of thiazole rings is 1. The van der Waals surface area contributed by atoms with Gasteiger partial charge in [0.15, 0.2) is 6.10 Å². The molecule has 3 rings (SSSR count). The molecule has 6 nitrogen and oxygen atoms in total. The maximum absolute atomic E-state index is 12.2. The Bertz CT molecular complexity index is 812. The highest BCUT2D eigenvalue weighted by molar-refractivity contribution is 7.09. The molecule has 1 atom stereocenters. The number of aryl methyl sites for hydroxylation is 1. The summed E-state index contributed by atoms with van der Waals surface area (Å²) in [6, 6.07) is 8.02. The standard InChI is InChI=1S/C22H28N2O4S/c1-15-8-10-19(11-9-15)27-13-20-23-18(14-29-20)12-21(25)28-16(2)22(26)24-17-6-4-3-5-7-17/h8-11,14,16-17H,3-7,12-13H2,1-2H3,(H,24,26). The molecule has 0 spiro atoms. The fraction of sp³-hybridized carbons (Fsp3) is 0.500. The van der Waals surface area contributed by atoms with Crippen molar-refractivity contribution >= 4 is 23.2 Å². The highest BCUT2D eigenvalue weighted by atomic mass is 32.1. The van der Waals surface area contributed by atoms with Gasteiger partial charge in [-0.1, -0.05) is 37.0 Å². The van der Waals surface area contributed by atoms with Crippen molar-refractivity contribution in [3.05, 3.63) is 45.9 Å². The number of amides is 1. The van der Waals surface area contributed by atoms with Gasteiger partial charge in [0.2, 0.25) is 0 Å². The minimum Gasteiger partial charge on any atom is -0.486 e. The Morgan fingerprint density at radius 3 is 2.66 bits per heavy atom. The zero-order valence-corrected chi connectivity index (χ0v) is 17.8. The van der Waals surface area contributed by atoms with E-state index in [0.717, 1.165) is 36.4 Å². The van der Waals surface area contributed by atoms with E-state index in [9.17, 15) is 9.59 Å². The Labute approximate surface area is 175 Å². The van der Waals surface area contributed by atoms with Crippen molar-refractivity contribution in [3.8, 4) is 5.75 Å². The maximum Gasteiger partial charge on any atom is 0.312 e.